The lowest BCUT2D eigenvalue weighted by molar-refractivity contribution is 0.0697. The molecule has 1 N–H and O–H groups in total. The van der Waals surface area contributed by atoms with Gasteiger partial charge in [-0.05, 0) is 50.5 Å². The maximum Gasteiger partial charge on any atom is 0.335 e. The number of rotatable bonds is 4. The number of ether oxygens (including phenoxy) is 1. The van der Waals surface area contributed by atoms with Crippen molar-refractivity contribution in [1.82, 2.24) is 9.97 Å². The van der Waals surface area contributed by atoms with Crippen LogP contribution in [0.3, 0.4) is 0 Å². The van der Waals surface area contributed by atoms with Gasteiger partial charge in [-0.15, -0.1) is 0 Å². The Morgan fingerprint density at radius 1 is 1.13 bits per heavy atom. The Morgan fingerprint density at radius 2 is 1.83 bits per heavy atom. The first-order valence-corrected chi connectivity index (χ1v) is 7.74. The molecule has 1 aromatic heterocycles. The molecule has 23 heavy (non-hydrogen) atoms. The highest BCUT2D eigenvalue weighted by atomic mass is 16.5. The van der Waals surface area contributed by atoms with Crippen molar-refractivity contribution < 1.29 is 14.6 Å². The van der Waals surface area contributed by atoms with Crippen LogP contribution in [-0.4, -0.2) is 34.1 Å². The van der Waals surface area contributed by atoms with Gasteiger partial charge in [0, 0.05) is 24.8 Å². The second-order valence-corrected chi connectivity index (χ2v) is 5.63. The minimum Gasteiger partial charge on any atom is -0.478 e. The molecular formula is C17H19N3O3. The maximum absolute atomic E-state index is 10.9. The van der Waals surface area contributed by atoms with Crippen LogP contribution in [0.25, 0.3) is 0 Å². The smallest absolute Gasteiger partial charge is 0.335 e. The summed E-state index contributed by atoms with van der Waals surface area (Å²) in [6.07, 6.45) is 3.57. The van der Waals surface area contributed by atoms with Gasteiger partial charge in [0.15, 0.2) is 0 Å². The van der Waals surface area contributed by atoms with Crippen molar-refractivity contribution in [1.29, 1.82) is 0 Å². The van der Waals surface area contributed by atoms with Gasteiger partial charge in [-0.3, -0.25) is 0 Å². The first-order chi connectivity index (χ1) is 11.1. The molecule has 0 amide bonds. The highest BCUT2D eigenvalue weighted by molar-refractivity contribution is 5.87. The van der Waals surface area contributed by atoms with Crippen LogP contribution in [0.1, 0.15) is 35.3 Å². The summed E-state index contributed by atoms with van der Waals surface area (Å²) in [5, 5.41) is 8.92. The van der Waals surface area contributed by atoms with Crippen molar-refractivity contribution in [2.75, 3.05) is 18.0 Å². The third-order valence-electron chi connectivity index (χ3n) is 3.78. The minimum atomic E-state index is -0.957. The topological polar surface area (TPSA) is 75.6 Å². The van der Waals surface area contributed by atoms with E-state index in [4.69, 9.17) is 9.84 Å². The molecule has 120 valence electrons. The van der Waals surface area contributed by atoms with Crippen molar-refractivity contribution in [3.8, 4) is 11.6 Å². The number of nitrogens with zero attached hydrogens (tertiary/aromatic N) is 3. The number of piperidine rings is 1. The fourth-order valence-corrected chi connectivity index (χ4v) is 2.60. The fraction of sp³-hybridized carbons (Fsp3) is 0.353. The van der Waals surface area contributed by atoms with E-state index in [1.54, 1.807) is 18.2 Å². The Bertz CT molecular complexity index is 695. The van der Waals surface area contributed by atoms with Crippen molar-refractivity contribution in [2.24, 2.45) is 0 Å². The number of anilines is 1. The summed E-state index contributed by atoms with van der Waals surface area (Å²) in [7, 11) is 0. The van der Waals surface area contributed by atoms with E-state index < -0.39 is 5.97 Å². The van der Waals surface area contributed by atoms with Crippen molar-refractivity contribution in [3.05, 3.63) is 41.6 Å². The van der Waals surface area contributed by atoms with Crippen LogP contribution in [0.15, 0.2) is 30.3 Å². The van der Waals surface area contributed by atoms with E-state index in [-0.39, 0.29) is 5.56 Å². The van der Waals surface area contributed by atoms with Crippen LogP contribution in [-0.2, 0) is 0 Å². The molecule has 1 aliphatic heterocycles. The average Bonchev–Trinajstić information content (AvgIpc) is 2.55. The number of aryl methyl sites for hydroxylation is 1. The van der Waals surface area contributed by atoms with Gasteiger partial charge in [0.25, 0.3) is 0 Å². The van der Waals surface area contributed by atoms with Crippen LogP contribution in [0.5, 0.6) is 11.6 Å². The maximum atomic E-state index is 10.9. The summed E-state index contributed by atoms with van der Waals surface area (Å²) in [4.78, 5) is 22.0. The van der Waals surface area contributed by atoms with Gasteiger partial charge < -0.3 is 14.7 Å². The molecule has 0 radical (unpaired) electrons. The molecule has 3 rings (SSSR count). The number of hydrogen-bond acceptors (Lipinski definition) is 5. The summed E-state index contributed by atoms with van der Waals surface area (Å²) in [5.41, 5.74) is 1.07. The van der Waals surface area contributed by atoms with E-state index in [0.717, 1.165) is 31.6 Å². The number of benzene rings is 1. The Labute approximate surface area is 134 Å². The molecular weight excluding hydrogens is 294 g/mol. The Hall–Kier alpha value is -2.63. The van der Waals surface area contributed by atoms with Crippen molar-refractivity contribution >= 4 is 11.9 Å². The number of hydrogen-bond donors (Lipinski definition) is 1. The van der Waals surface area contributed by atoms with Crippen LogP contribution in [0.2, 0.25) is 0 Å². The van der Waals surface area contributed by atoms with Crippen LogP contribution in [0.4, 0.5) is 5.95 Å². The van der Waals surface area contributed by atoms with E-state index in [2.05, 4.69) is 14.9 Å². The van der Waals surface area contributed by atoms with E-state index in [0.29, 0.717) is 17.6 Å². The predicted octanol–water partition coefficient (Wildman–Crippen LogP) is 3.27. The summed E-state index contributed by atoms with van der Waals surface area (Å²) in [6.45, 7) is 3.85. The lowest BCUT2D eigenvalue weighted by atomic mass is 10.1. The molecule has 2 aromatic rings. The normalized spacial score (nSPS) is 14.6. The number of aromatic carboxylic acids is 1. The van der Waals surface area contributed by atoms with Crippen LogP contribution < -0.4 is 9.64 Å². The molecule has 1 aromatic carbocycles. The van der Waals surface area contributed by atoms with E-state index >= 15 is 0 Å². The van der Waals surface area contributed by atoms with E-state index in [1.807, 2.05) is 6.92 Å². The fourth-order valence-electron chi connectivity index (χ4n) is 2.60. The Morgan fingerprint density at radius 3 is 2.48 bits per heavy atom. The molecule has 0 unspecified atom stereocenters. The van der Waals surface area contributed by atoms with Crippen LogP contribution >= 0.6 is 0 Å². The SMILES string of the molecule is Cc1cc(Oc2ccc(C(=O)O)cc2)nc(N2CCCCC2)n1. The molecule has 0 spiro atoms. The number of aromatic nitrogens is 2. The van der Waals surface area contributed by atoms with Gasteiger partial charge in [0.05, 0.1) is 5.56 Å². The van der Waals surface area contributed by atoms with Gasteiger partial charge in [-0.25, -0.2) is 9.78 Å². The van der Waals surface area contributed by atoms with Crippen molar-refractivity contribution in [3.63, 3.8) is 0 Å². The summed E-state index contributed by atoms with van der Waals surface area (Å²) in [5.74, 6) is 0.766. The highest BCUT2D eigenvalue weighted by Crippen LogP contribution is 2.24. The molecule has 6 heteroatoms. The number of carbonyl (C=O) groups is 1. The first kappa shape index (κ1) is 15.3. The molecule has 1 aliphatic rings. The number of carboxylic acids is 1. The Kier molecular flexibility index (Phi) is 4.41. The molecule has 0 atom stereocenters. The molecule has 0 saturated carbocycles. The first-order valence-electron chi connectivity index (χ1n) is 7.74. The largest absolute Gasteiger partial charge is 0.478 e. The van der Waals surface area contributed by atoms with Crippen molar-refractivity contribution in [2.45, 2.75) is 26.2 Å². The van der Waals surface area contributed by atoms with Gasteiger partial charge in [-0.1, -0.05) is 0 Å². The summed E-state index contributed by atoms with van der Waals surface area (Å²) < 4.78 is 5.75. The number of carboxylic acid groups (broad SMARTS) is 1. The van der Waals surface area contributed by atoms with E-state index in [9.17, 15) is 4.79 Å². The highest BCUT2D eigenvalue weighted by Gasteiger charge is 2.15. The van der Waals surface area contributed by atoms with E-state index in [1.165, 1.54) is 18.6 Å². The molecule has 6 nitrogen and oxygen atoms in total. The molecule has 1 saturated heterocycles. The lowest BCUT2D eigenvalue weighted by Gasteiger charge is -2.26. The summed E-state index contributed by atoms with van der Waals surface area (Å²) >= 11 is 0. The van der Waals surface area contributed by atoms with Gasteiger partial charge >= 0.3 is 5.97 Å². The van der Waals surface area contributed by atoms with Gasteiger partial charge in [0.2, 0.25) is 11.8 Å². The lowest BCUT2D eigenvalue weighted by Crippen LogP contribution is -2.31. The minimum absolute atomic E-state index is 0.227. The quantitative estimate of drug-likeness (QED) is 0.933. The second-order valence-electron chi connectivity index (χ2n) is 5.63. The zero-order valence-corrected chi connectivity index (χ0v) is 13.0. The van der Waals surface area contributed by atoms with Gasteiger partial charge in [-0.2, -0.15) is 4.98 Å². The van der Waals surface area contributed by atoms with Gasteiger partial charge in [0.1, 0.15) is 5.75 Å². The average molecular weight is 313 g/mol. The zero-order chi connectivity index (χ0) is 16.2. The predicted molar refractivity (Wildman–Crippen MR) is 86.3 cm³/mol. The summed E-state index contributed by atoms with van der Waals surface area (Å²) in [6, 6.07) is 8.05. The Balaban J connectivity index is 1.79. The zero-order valence-electron chi connectivity index (χ0n) is 13.0. The third-order valence-corrected chi connectivity index (χ3v) is 3.78. The molecule has 2 heterocycles. The molecule has 0 aliphatic carbocycles. The monoisotopic (exact) mass is 313 g/mol. The molecule has 0 bridgehead atoms. The molecule has 1 fully saturated rings. The third kappa shape index (κ3) is 3.77. The second kappa shape index (κ2) is 6.64. The standard InChI is InChI=1S/C17H19N3O3/c1-12-11-15(19-17(18-12)20-9-3-2-4-10-20)23-14-7-5-13(6-8-14)16(21)22/h5-8,11H,2-4,9-10H2,1H3,(H,21,22). The van der Waals surface area contributed by atoms with Crippen LogP contribution in [0, 0.1) is 6.92 Å².